The van der Waals surface area contributed by atoms with Gasteiger partial charge in [0.25, 0.3) is 0 Å². The van der Waals surface area contributed by atoms with Crippen molar-refractivity contribution in [3.8, 4) is 79.4 Å². The summed E-state index contributed by atoms with van der Waals surface area (Å²) in [4.78, 5) is 111. The molecule has 0 unspecified atom stereocenters. The van der Waals surface area contributed by atoms with Crippen LogP contribution in [0, 0.1) is 0 Å². The van der Waals surface area contributed by atoms with Gasteiger partial charge >= 0.3 is 11.4 Å². The van der Waals surface area contributed by atoms with E-state index in [0.717, 1.165) is 123 Å². The highest BCUT2D eigenvalue weighted by atomic mass is 16.5. The van der Waals surface area contributed by atoms with Crippen molar-refractivity contribution in [2.45, 2.75) is 156 Å². The van der Waals surface area contributed by atoms with Crippen LogP contribution < -0.4 is 30.7 Å². The number of likely N-dealkylation sites (N-methyl/N-ethyl adjacent to an activating group) is 1. The summed E-state index contributed by atoms with van der Waals surface area (Å²) in [5, 5.41) is 0. The van der Waals surface area contributed by atoms with Crippen molar-refractivity contribution in [3.63, 3.8) is 0 Å². The van der Waals surface area contributed by atoms with Gasteiger partial charge in [0.1, 0.15) is 34.2 Å². The molecule has 7 aromatic heterocycles. The first-order valence-corrected chi connectivity index (χ1v) is 45.9. The number of hydrogen-bond donors (Lipinski definition) is 2. The number of amides is 2. The quantitative estimate of drug-likeness (QED) is 0.0431. The number of fused-ring (bicyclic) bond motifs is 4. The number of carbonyl (C=O) groups excluding carboxylic acids is 2. The van der Waals surface area contributed by atoms with Gasteiger partial charge in [-0.2, -0.15) is 0 Å². The van der Waals surface area contributed by atoms with Gasteiger partial charge in [-0.05, 0) is 169 Å². The van der Waals surface area contributed by atoms with Crippen LogP contribution in [-0.2, 0) is 55.0 Å². The van der Waals surface area contributed by atoms with Gasteiger partial charge in [-0.15, -0.1) is 0 Å². The molecule has 0 radical (unpaired) electrons. The van der Waals surface area contributed by atoms with E-state index in [2.05, 4.69) is 212 Å². The fourth-order valence-electron chi connectivity index (χ4n) is 16.8. The summed E-state index contributed by atoms with van der Waals surface area (Å²) in [7, 11) is 8.30. The van der Waals surface area contributed by atoms with Crippen molar-refractivity contribution in [1.29, 1.82) is 0 Å². The highest BCUT2D eigenvalue weighted by Crippen LogP contribution is 2.38. The second-order valence-electron chi connectivity index (χ2n) is 36.0. The fourth-order valence-corrected chi connectivity index (χ4v) is 16.8. The average Bonchev–Trinajstić information content (AvgIpc) is 1.66. The van der Waals surface area contributed by atoms with Crippen molar-refractivity contribution in [2.75, 3.05) is 57.7 Å². The van der Waals surface area contributed by atoms with Crippen LogP contribution >= 0.6 is 0 Å². The van der Waals surface area contributed by atoms with E-state index in [1.54, 1.807) is 56.1 Å². The first kappa shape index (κ1) is 91.7. The number of ether oxygens (including phenoxy) is 2. The molecule has 2 N–H and O–H groups in total. The Morgan fingerprint density at radius 3 is 1.27 bits per heavy atom. The van der Waals surface area contributed by atoms with Gasteiger partial charge in [-0.3, -0.25) is 38.5 Å². The van der Waals surface area contributed by atoms with E-state index in [0.29, 0.717) is 127 Å². The molecule has 9 aromatic carbocycles. The third-order valence-corrected chi connectivity index (χ3v) is 24.2. The monoisotopic (exact) mass is 1770 g/mol. The summed E-state index contributed by atoms with van der Waals surface area (Å²) in [5.74, 6) is 7.20. The van der Waals surface area contributed by atoms with Crippen LogP contribution in [0.1, 0.15) is 166 Å². The smallest absolute Gasteiger partial charge is 0.328 e. The molecule has 0 saturated heterocycles. The number of hydrogen-bond acceptors (Lipinski definition) is 18. The molecule has 2 aliphatic heterocycles. The lowest BCUT2D eigenvalue weighted by molar-refractivity contribution is -0.118. The molecule has 19 rings (SSSR count). The number of aromatic amines is 2. The topological polar surface area (TPSA) is 270 Å². The van der Waals surface area contributed by atoms with Crippen LogP contribution in [0.25, 0.3) is 90.3 Å². The predicted molar refractivity (Wildman–Crippen MR) is 528 cm³/mol. The Labute approximate surface area is 776 Å². The number of aromatic nitrogens is 14. The molecule has 16 aromatic rings. The fraction of sp³-hybridized carbons (Fsp3) is 0.284. The molecule has 1 saturated carbocycles. The number of benzene rings is 9. The highest BCUT2D eigenvalue weighted by Gasteiger charge is 2.33. The Kier molecular flexibility index (Phi) is 29.0. The van der Waals surface area contributed by atoms with Crippen molar-refractivity contribution in [3.05, 3.63) is 344 Å². The highest BCUT2D eigenvalue weighted by molar-refractivity contribution is 6.01. The largest absolute Gasteiger partial charge is 0.494 e. The van der Waals surface area contributed by atoms with Crippen LogP contribution in [0.4, 0.5) is 11.6 Å². The first-order chi connectivity index (χ1) is 64.5. The standard InChI is InChI=1S/C32H34N4O.C26H31N5O2.C26H23N5O.C25H26N4O2/c1-22(2)28-10-5-6-11-29(28)31-33-20-27-19-30(37)36(32(27)34-31)21-24-12-14-25(15-13-24)26-9-7-8-23(18-26)16-17-35(3)4;1-18(2)21-11-5-6-12-22(21)24-27-16-23-25(29-24)31(26(32)28-23)17-19-9-7-10-20(15-19)33-14-8-13-30(3)4;1-17(2)21-5-3-4-6-22(21)25-29-14-20-13-24(32)31(26(20)30-25)16-18-7-9-19(10-8-18)23-15-27-11-12-28-23;1-16(2)20-11-3-4-12-21(20)23-26-14-22-24(28-23)29(25(30)27-22)15-17-7-5-10-19(13-17)31-18-8-6-9-18/h5-15,18,20,22H,16-17,19,21H2,1-4H3;5-7,9-12,15-16,18H,8,13-14,17H2,1-4H3,(H,28,32);3-12,14-15,17H,13,16H2,1-2H3;3-5,7,10-14,16,18H,6,8-9,15H2,1-2H3,(H,27,30). The van der Waals surface area contributed by atoms with Gasteiger partial charge in [0, 0.05) is 76.8 Å². The van der Waals surface area contributed by atoms with E-state index in [1.807, 2.05) is 146 Å². The molecular formula is C109H114N18O6. The van der Waals surface area contributed by atoms with E-state index >= 15 is 0 Å². The maximum absolute atomic E-state index is 12.9. The van der Waals surface area contributed by atoms with Crippen molar-refractivity contribution in [1.82, 2.24) is 78.7 Å². The van der Waals surface area contributed by atoms with Gasteiger partial charge in [0.15, 0.2) is 34.6 Å². The lowest BCUT2D eigenvalue weighted by Gasteiger charge is -2.26. The van der Waals surface area contributed by atoms with Crippen LogP contribution in [0.5, 0.6) is 11.5 Å². The summed E-state index contributed by atoms with van der Waals surface area (Å²) in [6.45, 7) is 21.7. The minimum absolute atomic E-state index is 0.0431. The van der Waals surface area contributed by atoms with Gasteiger partial charge in [-0.1, -0.05) is 250 Å². The number of nitrogens with zero attached hydrogens (tertiary/aromatic N) is 16. The van der Waals surface area contributed by atoms with Gasteiger partial charge < -0.3 is 29.2 Å². The number of imidazole rings is 2. The Balaban J connectivity index is 0.000000129. The molecule has 0 bridgehead atoms. The van der Waals surface area contributed by atoms with Crippen LogP contribution in [0.15, 0.2) is 271 Å². The summed E-state index contributed by atoms with van der Waals surface area (Å²) >= 11 is 0. The normalized spacial score (nSPS) is 12.9. The van der Waals surface area contributed by atoms with E-state index < -0.39 is 0 Å². The number of anilines is 2. The first-order valence-electron chi connectivity index (χ1n) is 45.9. The zero-order chi connectivity index (χ0) is 92.8. The lowest BCUT2D eigenvalue weighted by atomic mass is 9.96. The molecule has 3 aliphatic rings. The maximum Gasteiger partial charge on any atom is 0.328 e. The number of H-pyrrole nitrogens is 2. The number of rotatable bonds is 28. The molecule has 24 heteroatoms. The van der Waals surface area contributed by atoms with E-state index in [4.69, 9.17) is 29.4 Å². The molecule has 0 spiro atoms. The van der Waals surface area contributed by atoms with E-state index in [9.17, 15) is 19.2 Å². The number of nitrogens with one attached hydrogen (secondary N) is 2. The molecule has 1 aliphatic carbocycles. The summed E-state index contributed by atoms with van der Waals surface area (Å²) in [5.41, 5.74) is 22.3. The molecule has 0 atom stereocenters. The van der Waals surface area contributed by atoms with Crippen molar-refractivity contribution < 1.29 is 19.1 Å². The minimum atomic E-state index is -0.203. The SMILES string of the molecule is CC(C)c1ccccc1-c1ncc2[nH]c(=O)n(Cc3cccc(OC4CCC4)c3)c2n1.CC(C)c1ccccc1-c1ncc2[nH]c(=O)n(Cc3cccc(OCCCN(C)C)c3)c2n1.CC(C)c1ccccc1-c1ncc2c(n1)N(Cc1ccc(-c3cccc(CCN(C)C)c3)cc1)C(=O)C2.CC(C)c1ccccc1-c1ncc2c(n1)N(Cc1ccc(-c3cnccn3)cc1)C(=O)C2. The zero-order valence-electron chi connectivity index (χ0n) is 77.7. The van der Waals surface area contributed by atoms with Gasteiger partial charge in [0.2, 0.25) is 11.8 Å². The van der Waals surface area contributed by atoms with Crippen LogP contribution in [0.2, 0.25) is 0 Å². The second-order valence-corrected chi connectivity index (χ2v) is 36.0. The van der Waals surface area contributed by atoms with Gasteiger partial charge in [0.05, 0.1) is 76.0 Å². The molecule has 2 amide bonds. The summed E-state index contributed by atoms with van der Waals surface area (Å²) < 4.78 is 15.2. The Bertz CT molecular complexity index is 6900. The Hall–Kier alpha value is -14.6. The summed E-state index contributed by atoms with van der Waals surface area (Å²) in [6, 6.07) is 73.9. The van der Waals surface area contributed by atoms with E-state index in [1.165, 1.54) is 45.4 Å². The van der Waals surface area contributed by atoms with Crippen molar-refractivity contribution in [2.24, 2.45) is 0 Å². The van der Waals surface area contributed by atoms with Gasteiger partial charge in [-0.25, -0.2) is 49.5 Å². The van der Waals surface area contributed by atoms with Crippen molar-refractivity contribution >= 4 is 45.8 Å². The molecule has 24 nitrogen and oxygen atoms in total. The number of carbonyl (C=O) groups is 2. The Morgan fingerprint density at radius 1 is 0.398 bits per heavy atom. The summed E-state index contributed by atoms with van der Waals surface area (Å²) in [6.07, 6.45) is 18.5. The molecular weight excluding hydrogens is 1660 g/mol. The molecule has 9 heterocycles. The zero-order valence-corrected chi connectivity index (χ0v) is 77.7. The van der Waals surface area contributed by atoms with E-state index in [-0.39, 0.29) is 23.2 Å². The molecule has 133 heavy (non-hydrogen) atoms. The Morgan fingerprint density at radius 2 is 0.827 bits per heavy atom. The molecule has 676 valence electrons. The third-order valence-electron chi connectivity index (χ3n) is 24.2. The third kappa shape index (κ3) is 22.2. The average molecular weight is 1770 g/mol. The second kappa shape index (κ2) is 42.1. The maximum atomic E-state index is 12.9. The molecule has 1 fully saturated rings. The predicted octanol–water partition coefficient (Wildman–Crippen LogP) is 20.1. The lowest BCUT2D eigenvalue weighted by Crippen LogP contribution is -2.26. The minimum Gasteiger partial charge on any atom is -0.494 e. The van der Waals surface area contributed by atoms with Crippen LogP contribution in [0.3, 0.4) is 0 Å². The van der Waals surface area contributed by atoms with Crippen LogP contribution in [-0.4, -0.2) is 145 Å².